The molecule has 0 fully saturated rings. The van der Waals surface area contributed by atoms with Crippen LogP contribution in [0.2, 0.25) is 16.6 Å². The Labute approximate surface area is 164 Å². The quantitative estimate of drug-likeness (QED) is 0.372. The second-order valence-electron chi connectivity index (χ2n) is 8.27. The maximum Gasteiger partial charge on any atom is 0.146 e. The third kappa shape index (κ3) is 3.47. The van der Waals surface area contributed by atoms with Crippen molar-refractivity contribution in [1.29, 1.82) is 0 Å². The fourth-order valence-electron chi connectivity index (χ4n) is 4.56. The summed E-state index contributed by atoms with van der Waals surface area (Å²) in [4.78, 5) is 4.58. The number of benzene rings is 1. The highest BCUT2D eigenvalue weighted by molar-refractivity contribution is 6.90. The topological polar surface area (TPSA) is 17.8 Å². The van der Waals surface area contributed by atoms with E-state index in [4.69, 9.17) is 0 Å². The van der Waals surface area contributed by atoms with Crippen molar-refractivity contribution in [2.24, 2.45) is 0 Å². The molecular weight excluding hydrogens is 344 g/mol. The van der Waals surface area contributed by atoms with Crippen LogP contribution in [0.4, 0.5) is 0 Å². The number of hydrogen-bond donors (Lipinski definition) is 0. The Morgan fingerprint density at radius 3 is 2.19 bits per heavy atom. The maximum absolute atomic E-state index is 4.58. The first-order valence-corrected chi connectivity index (χ1v) is 12.2. The molecule has 0 aliphatic carbocycles. The molecule has 3 heteroatoms. The number of hydrogen-bond acceptors (Lipinski definition) is 1. The zero-order chi connectivity index (χ0) is 19.6. The van der Waals surface area contributed by atoms with Gasteiger partial charge in [0, 0.05) is 23.3 Å². The van der Waals surface area contributed by atoms with Crippen LogP contribution in [-0.4, -0.2) is 17.6 Å². The summed E-state index contributed by atoms with van der Waals surface area (Å²) in [7, 11) is -1.76. The Bertz CT molecular complexity index is 964. The zero-order valence-corrected chi connectivity index (χ0v) is 18.3. The SMILES string of the molecule is CC(C)[Si](C#Cc1ccccc1-n1ccc2cccnc21)(C(C)C)C(C)C. The second-order valence-corrected chi connectivity index (χ2v) is 13.8. The summed E-state index contributed by atoms with van der Waals surface area (Å²) in [5.41, 5.74) is 8.92. The number of aromatic nitrogens is 2. The van der Waals surface area contributed by atoms with Crippen molar-refractivity contribution in [3.05, 3.63) is 60.4 Å². The average molecular weight is 375 g/mol. The first kappa shape index (κ1) is 19.4. The minimum absolute atomic E-state index is 0.631. The van der Waals surface area contributed by atoms with Crippen LogP contribution in [-0.2, 0) is 0 Å². The summed E-state index contributed by atoms with van der Waals surface area (Å²) in [6.45, 7) is 14.1. The number of para-hydroxylation sites is 1. The lowest BCUT2D eigenvalue weighted by atomic mass is 10.2. The van der Waals surface area contributed by atoms with Crippen molar-refractivity contribution in [1.82, 2.24) is 9.55 Å². The molecule has 0 saturated carbocycles. The normalized spacial score (nSPS) is 12.0. The summed E-state index contributed by atoms with van der Waals surface area (Å²) in [6.07, 6.45) is 3.94. The van der Waals surface area contributed by atoms with Crippen LogP contribution < -0.4 is 0 Å². The van der Waals surface area contributed by atoms with E-state index in [0.717, 1.165) is 22.3 Å². The van der Waals surface area contributed by atoms with Gasteiger partial charge in [0.05, 0.1) is 5.69 Å². The van der Waals surface area contributed by atoms with Gasteiger partial charge in [0.25, 0.3) is 0 Å². The van der Waals surface area contributed by atoms with Gasteiger partial charge in [0.2, 0.25) is 0 Å². The molecule has 0 unspecified atom stereocenters. The summed E-state index contributed by atoms with van der Waals surface area (Å²) in [5.74, 6) is 3.61. The molecule has 1 aromatic carbocycles. The van der Waals surface area contributed by atoms with Gasteiger partial charge in [0.1, 0.15) is 13.7 Å². The lowest BCUT2D eigenvalue weighted by Gasteiger charge is -2.38. The number of nitrogens with zero attached hydrogens (tertiary/aromatic N) is 2. The van der Waals surface area contributed by atoms with E-state index in [1.807, 2.05) is 12.3 Å². The highest BCUT2D eigenvalue weighted by Gasteiger charge is 2.41. The van der Waals surface area contributed by atoms with Crippen molar-refractivity contribution >= 4 is 19.1 Å². The van der Waals surface area contributed by atoms with E-state index in [9.17, 15) is 0 Å². The Morgan fingerprint density at radius 1 is 0.852 bits per heavy atom. The van der Waals surface area contributed by atoms with Crippen molar-refractivity contribution in [3.63, 3.8) is 0 Å². The lowest BCUT2D eigenvalue weighted by Crippen LogP contribution is -2.43. The molecule has 3 aromatic rings. The number of fused-ring (bicyclic) bond motifs is 1. The molecule has 27 heavy (non-hydrogen) atoms. The molecule has 0 spiro atoms. The Morgan fingerprint density at radius 2 is 1.52 bits per heavy atom. The molecule has 2 nitrogen and oxygen atoms in total. The third-order valence-electron chi connectivity index (χ3n) is 5.89. The molecular formula is C24H30N2Si. The molecule has 3 rings (SSSR count). The van der Waals surface area contributed by atoms with Gasteiger partial charge in [-0.25, -0.2) is 4.98 Å². The van der Waals surface area contributed by atoms with Crippen molar-refractivity contribution < 1.29 is 0 Å². The largest absolute Gasteiger partial charge is 0.300 e. The highest BCUT2D eigenvalue weighted by Crippen LogP contribution is 2.40. The van der Waals surface area contributed by atoms with Crippen LogP contribution in [0.25, 0.3) is 16.7 Å². The number of rotatable bonds is 4. The molecule has 0 saturated heterocycles. The van der Waals surface area contributed by atoms with Crippen molar-refractivity contribution in [2.45, 2.75) is 58.2 Å². The van der Waals surface area contributed by atoms with Crippen LogP contribution in [0.3, 0.4) is 0 Å². The Balaban J connectivity index is 2.15. The van der Waals surface area contributed by atoms with Gasteiger partial charge in [-0.3, -0.25) is 0 Å². The average Bonchev–Trinajstić information content (AvgIpc) is 3.05. The molecule has 0 aliphatic rings. The standard InChI is InChI=1S/C24H30N2Si/c1-18(2)27(19(3)4,20(5)6)17-14-21-10-7-8-12-23(21)26-16-13-22-11-9-15-25-24(22)26/h7-13,15-16,18-20H,1-6H3. The second kappa shape index (κ2) is 7.74. The molecule has 0 bridgehead atoms. The van der Waals surface area contributed by atoms with Crippen LogP contribution in [0.5, 0.6) is 0 Å². The fraction of sp³-hybridized carbons (Fsp3) is 0.375. The van der Waals surface area contributed by atoms with Gasteiger partial charge in [-0.15, -0.1) is 5.54 Å². The monoisotopic (exact) mass is 374 g/mol. The van der Waals surface area contributed by atoms with E-state index in [1.54, 1.807) is 0 Å². The van der Waals surface area contributed by atoms with Gasteiger partial charge in [-0.1, -0.05) is 59.6 Å². The van der Waals surface area contributed by atoms with E-state index >= 15 is 0 Å². The fourth-order valence-corrected chi connectivity index (χ4v) is 9.78. The minimum Gasteiger partial charge on any atom is -0.300 e. The summed E-state index contributed by atoms with van der Waals surface area (Å²) in [5, 5.41) is 1.15. The molecule has 0 aliphatic heterocycles. The summed E-state index contributed by atoms with van der Waals surface area (Å²) < 4.78 is 2.16. The van der Waals surface area contributed by atoms with Crippen LogP contribution in [0, 0.1) is 11.5 Å². The Kier molecular flexibility index (Phi) is 5.58. The van der Waals surface area contributed by atoms with E-state index in [1.165, 1.54) is 0 Å². The molecule has 0 radical (unpaired) electrons. The first-order valence-electron chi connectivity index (χ1n) is 9.92. The molecule has 0 atom stereocenters. The van der Waals surface area contributed by atoms with E-state index in [0.29, 0.717) is 16.6 Å². The molecule has 2 aromatic heterocycles. The predicted octanol–water partition coefficient (Wildman–Crippen LogP) is 6.60. The van der Waals surface area contributed by atoms with Crippen LogP contribution in [0.15, 0.2) is 54.9 Å². The maximum atomic E-state index is 4.58. The van der Waals surface area contributed by atoms with E-state index in [-0.39, 0.29) is 0 Å². The number of pyridine rings is 1. The van der Waals surface area contributed by atoms with Crippen molar-refractivity contribution in [2.75, 3.05) is 0 Å². The third-order valence-corrected chi connectivity index (χ3v) is 12.2. The van der Waals surface area contributed by atoms with Crippen LogP contribution >= 0.6 is 0 Å². The van der Waals surface area contributed by atoms with Crippen molar-refractivity contribution in [3.8, 4) is 17.2 Å². The van der Waals surface area contributed by atoms with Crippen LogP contribution in [0.1, 0.15) is 47.1 Å². The summed E-state index contributed by atoms with van der Waals surface area (Å²) >= 11 is 0. The lowest BCUT2D eigenvalue weighted by molar-refractivity contribution is 0.838. The summed E-state index contributed by atoms with van der Waals surface area (Å²) in [6, 6.07) is 14.6. The van der Waals surface area contributed by atoms with Gasteiger partial charge >= 0.3 is 0 Å². The van der Waals surface area contributed by atoms with Gasteiger partial charge in [-0.2, -0.15) is 0 Å². The van der Waals surface area contributed by atoms with Gasteiger partial charge in [0.15, 0.2) is 0 Å². The molecule has 0 N–H and O–H groups in total. The van der Waals surface area contributed by atoms with Gasteiger partial charge < -0.3 is 4.57 Å². The molecule has 140 valence electrons. The first-order chi connectivity index (χ1) is 12.9. The highest BCUT2D eigenvalue weighted by atomic mass is 28.3. The predicted molar refractivity (Wildman–Crippen MR) is 119 cm³/mol. The van der Waals surface area contributed by atoms with E-state index < -0.39 is 8.07 Å². The van der Waals surface area contributed by atoms with Gasteiger partial charge in [-0.05, 0) is 47.0 Å². The minimum atomic E-state index is -1.76. The van der Waals surface area contributed by atoms with E-state index in [2.05, 4.69) is 105 Å². The Hall–Kier alpha value is -2.31. The molecule has 0 amide bonds. The molecule has 2 heterocycles. The smallest absolute Gasteiger partial charge is 0.146 e. The zero-order valence-electron chi connectivity index (χ0n) is 17.3.